The van der Waals surface area contributed by atoms with Crippen molar-refractivity contribution in [3.05, 3.63) is 29.8 Å². The molecule has 1 aromatic carbocycles. The van der Waals surface area contributed by atoms with Gasteiger partial charge in [0.15, 0.2) is 6.35 Å². The third-order valence-corrected chi connectivity index (χ3v) is 6.62. The summed E-state index contributed by atoms with van der Waals surface area (Å²) in [5.74, 6) is -1.94. The predicted molar refractivity (Wildman–Crippen MR) is 162 cm³/mol. The zero-order chi connectivity index (χ0) is 31.5. The molecule has 0 saturated carbocycles. The Kier molecular flexibility index (Phi) is 18.3. The molecule has 0 saturated heterocycles. The van der Waals surface area contributed by atoms with Gasteiger partial charge in [0.25, 0.3) is 0 Å². The lowest BCUT2D eigenvalue weighted by molar-refractivity contribution is -0.142. The number of hydrogen-bond acceptors (Lipinski definition) is 9. The molecule has 3 atom stereocenters. The molecule has 0 aromatic heterocycles. The number of nitrogens with two attached hydrogens (primary N) is 1. The van der Waals surface area contributed by atoms with Gasteiger partial charge in [-0.05, 0) is 55.8 Å². The lowest BCUT2D eigenvalue weighted by Gasteiger charge is -2.25. The quantitative estimate of drug-likeness (QED) is 0.0462. The lowest BCUT2D eigenvalue weighted by Crippen LogP contribution is -2.54. The molecule has 0 aliphatic heterocycles. The number of amides is 4. The topological polar surface area (TPSA) is 201 Å². The highest BCUT2D eigenvalue weighted by Crippen LogP contribution is 2.13. The van der Waals surface area contributed by atoms with E-state index in [4.69, 9.17) is 10.5 Å². The maximum Gasteiger partial charge on any atom is 0.302 e. The van der Waals surface area contributed by atoms with Crippen LogP contribution in [-0.2, 0) is 35.3 Å². The van der Waals surface area contributed by atoms with Crippen molar-refractivity contribution in [2.45, 2.75) is 84.3 Å². The highest BCUT2D eigenvalue weighted by molar-refractivity contribution is 9.09. The Balaban J connectivity index is 2.77. The first-order valence-electron chi connectivity index (χ1n) is 14.1. The largest absolute Gasteiger partial charge is 0.461 e. The van der Waals surface area contributed by atoms with E-state index in [1.54, 1.807) is 38.1 Å². The molecule has 4 amide bonds. The SMILES string of the molecule is CC(=O)OCc1ccc(NC(=O)[C@@H](CCCNC(N)O)NC(=O)C(NC(=O)CCCCCNC(=O)CBr)C(C)C)cc1. The molecule has 0 bridgehead atoms. The average molecular weight is 658 g/mol. The van der Waals surface area contributed by atoms with Crippen LogP contribution in [0, 0.1) is 5.92 Å². The van der Waals surface area contributed by atoms with Gasteiger partial charge in [0.05, 0.1) is 5.33 Å². The number of rotatable bonds is 20. The molecule has 1 aromatic rings. The van der Waals surface area contributed by atoms with E-state index < -0.39 is 36.2 Å². The third kappa shape index (κ3) is 16.4. The maximum atomic E-state index is 13.2. The third-order valence-electron chi connectivity index (χ3n) is 6.11. The average Bonchev–Trinajstić information content (AvgIpc) is 2.94. The molecule has 8 N–H and O–H groups in total. The summed E-state index contributed by atoms with van der Waals surface area (Å²) in [7, 11) is 0. The first-order chi connectivity index (χ1) is 19.9. The first-order valence-corrected chi connectivity index (χ1v) is 15.2. The zero-order valence-electron chi connectivity index (χ0n) is 24.5. The molecule has 0 spiro atoms. The molecule has 0 aliphatic carbocycles. The summed E-state index contributed by atoms with van der Waals surface area (Å²) in [4.78, 5) is 61.3. The van der Waals surface area contributed by atoms with Crippen molar-refractivity contribution in [1.82, 2.24) is 21.3 Å². The van der Waals surface area contributed by atoms with E-state index in [1.165, 1.54) is 6.92 Å². The van der Waals surface area contributed by atoms with Gasteiger partial charge in [0.1, 0.15) is 18.7 Å². The van der Waals surface area contributed by atoms with Gasteiger partial charge >= 0.3 is 5.97 Å². The number of carbonyl (C=O) groups excluding carboxylic acids is 5. The smallest absolute Gasteiger partial charge is 0.302 e. The van der Waals surface area contributed by atoms with Crippen LogP contribution in [-0.4, -0.2) is 71.6 Å². The van der Waals surface area contributed by atoms with Crippen LogP contribution in [0.25, 0.3) is 0 Å². The molecular weight excluding hydrogens is 612 g/mol. The number of aliphatic hydroxyl groups is 1. The second-order valence-electron chi connectivity index (χ2n) is 10.2. The number of anilines is 1. The molecule has 1 rings (SSSR count). The minimum absolute atomic E-state index is 0.0899. The second-order valence-corrected chi connectivity index (χ2v) is 10.7. The number of alkyl halides is 1. The fourth-order valence-electron chi connectivity index (χ4n) is 3.83. The number of unbranched alkanes of at least 4 members (excludes halogenated alkanes) is 2. The Morgan fingerprint density at radius 2 is 1.62 bits per heavy atom. The number of ether oxygens (including phenoxy) is 1. The summed E-state index contributed by atoms with van der Waals surface area (Å²) in [5.41, 5.74) is 6.54. The summed E-state index contributed by atoms with van der Waals surface area (Å²) in [6.07, 6.45) is 1.77. The molecule has 236 valence electrons. The van der Waals surface area contributed by atoms with Crippen LogP contribution >= 0.6 is 15.9 Å². The van der Waals surface area contributed by atoms with Crippen molar-refractivity contribution in [3.63, 3.8) is 0 Å². The number of hydrogen-bond donors (Lipinski definition) is 7. The normalized spacial score (nSPS) is 13.0. The Bertz CT molecular complexity index is 1010. The van der Waals surface area contributed by atoms with Gasteiger partial charge in [0, 0.05) is 25.6 Å². The van der Waals surface area contributed by atoms with Crippen LogP contribution in [0.4, 0.5) is 5.69 Å². The van der Waals surface area contributed by atoms with Crippen LogP contribution < -0.4 is 32.3 Å². The predicted octanol–water partition coefficient (Wildman–Crippen LogP) is 0.990. The van der Waals surface area contributed by atoms with Crippen molar-refractivity contribution in [1.29, 1.82) is 0 Å². The van der Waals surface area contributed by atoms with Gasteiger partial charge in [0.2, 0.25) is 23.6 Å². The molecule has 0 radical (unpaired) electrons. The van der Waals surface area contributed by atoms with Gasteiger partial charge in [-0.15, -0.1) is 0 Å². The van der Waals surface area contributed by atoms with E-state index in [0.29, 0.717) is 31.6 Å². The molecule has 0 fully saturated rings. The molecule has 0 heterocycles. The molecule has 42 heavy (non-hydrogen) atoms. The van der Waals surface area contributed by atoms with Crippen LogP contribution in [0.3, 0.4) is 0 Å². The summed E-state index contributed by atoms with van der Waals surface area (Å²) in [5, 5.41) is 23.2. The molecule has 13 nitrogen and oxygen atoms in total. The monoisotopic (exact) mass is 656 g/mol. The van der Waals surface area contributed by atoms with Crippen LogP contribution in [0.15, 0.2) is 24.3 Å². The zero-order valence-corrected chi connectivity index (χ0v) is 26.1. The van der Waals surface area contributed by atoms with E-state index >= 15 is 0 Å². The maximum absolute atomic E-state index is 13.2. The minimum Gasteiger partial charge on any atom is -0.461 e. The first kappa shape index (κ1) is 37.0. The van der Waals surface area contributed by atoms with Crippen molar-refractivity contribution < 1.29 is 33.8 Å². The Morgan fingerprint density at radius 3 is 2.21 bits per heavy atom. The summed E-state index contributed by atoms with van der Waals surface area (Å²) in [6, 6.07) is 4.96. The van der Waals surface area contributed by atoms with E-state index in [2.05, 4.69) is 42.5 Å². The summed E-state index contributed by atoms with van der Waals surface area (Å²) >= 11 is 3.08. The molecular formula is C28H45BrN6O7. The Morgan fingerprint density at radius 1 is 0.929 bits per heavy atom. The van der Waals surface area contributed by atoms with Crippen LogP contribution in [0.1, 0.15) is 64.9 Å². The summed E-state index contributed by atoms with van der Waals surface area (Å²) < 4.78 is 4.97. The van der Waals surface area contributed by atoms with Gasteiger partial charge in [-0.1, -0.05) is 48.3 Å². The van der Waals surface area contributed by atoms with Gasteiger partial charge in [-0.3, -0.25) is 35.0 Å². The Labute approximate surface area is 255 Å². The van der Waals surface area contributed by atoms with E-state index in [-0.39, 0.29) is 42.5 Å². The second kappa shape index (κ2) is 20.8. The number of carbonyl (C=O) groups is 5. The highest BCUT2D eigenvalue weighted by atomic mass is 79.9. The van der Waals surface area contributed by atoms with Crippen molar-refractivity contribution in [3.8, 4) is 0 Å². The number of nitrogens with one attached hydrogen (secondary N) is 5. The van der Waals surface area contributed by atoms with Crippen LogP contribution in [0.2, 0.25) is 0 Å². The van der Waals surface area contributed by atoms with Gasteiger partial charge < -0.3 is 31.1 Å². The molecule has 14 heteroatoms. The number of benzene rings is 1. The van der Waals surface area contributed by atoms with E-state index in [0.717, 1.165) is 18.4 Å². The van der Waals surface area contributed by atoms with Gasteiger partial charge in [-0.25, -0.2) is 0 Å². The Hall–Kier alpha value is -3.07. The highest BCUT2D eigenvalue weighted by Gasteiger charge is 2.28. The standard InChI is InChI=1S/C28H45BrN6O7/c1-18(2)25(35-23(37)9-5-4-6-14-31-24(38)16-29)27(40)34-22(8-7-15-32-28(30)41)26(39)33-21-12-10-20(11-13-21)17-42-19(3)36/h10-13,18,22,25,28,32,41H,4-9,14-17,30H2,1-3H3,(H,31,38)(H,33,39)(H,34,40)(H,35,37)/t22-,25?,28?/m1/s1. The fourth-order valence-corrected chi connectivity index (χ4v) is 4.03. The van der Waals surface area contributed by atoms with Crippen LogP contribution in [0.5, 0.6) is 0 Å². The lowest BCUT2D eigenvalue weighted by atomic mass is 10.0. The fraction of sp³-hybridized carbons (Fsp3) is 0.607. The number of esters is 1. The van der Waals surface area contributed by atoms with Crippen molar-refractivity contribution >= 4 is 51.2 Å². The van der Waals surface area contributed by atoms with E-state index in [9.17, 15) is 29.1 Å². The number of aliphatic hydroxyl groups excluding tert-OH is 1. The van der Waals surface area contributed by atoms with E-state index in [1.807, 2.05) is 0 Å². The van der Waals surface area contributed by atoms with Crippen molar-refractivity contribution in [2.75, 3.05) is 23.7 Å². The van der Waals surface area contributed by atoms with Crippen molar-refractivity contribution in [2.24, 2.45) is 11.7 Å². The molecule has 2 unspecified atom stereocenters. The summed E-state index contributed by atoms with van der Waals surface area (Å²) in [6.45, 7) is 5.88. The number of halogens is 1. The minimum atomic E-state index is -1.20. The molecule has 0 aliphatic rings. The van der Waals surface area contributed by atoms with Gasteiger partial charge in [-0.2, -0.15) is 0 Å².